The maximum Gasteiger partial charge on any atom is 0.266 e. The van der Waals surface area contributed by atoms with Crippen molar-refractivity contribution < 1.29 is 23.1 Å². The summed E-state index contributed by atoms with van der Waals surface area (Å²) >= 11 is 0. The zero-order chi connectivity index (χ0) is 18.2. The molecular weight excluding hydrogens is 332 g/mol. The molecule has 3 rings (SSSR count). The number of hydrogen-bond acceptors (Lipinski definition) is 4. The van der Waals surface area contributed by atoms with E-state index < -0.39 is 30.2 Å². The number of ether oxygens (including phenoxy) is 1. The van der Waals surface area contributed by atoms with Gasteiger partial charge in [0.25, 0.3) is 11.8 Å². The summed E-state index contributed by atoms with van der Waals surface area (Å²) in [4.78, 5) is 32.1. The first-order chi connectivity index (χ1) is 11.8. The molecule has 25 heavy (non-hydrogen) atoms. The van der Waals surface area contributed by atoms with Gasteiger partial charge in [-0.1, -0.05) is 0 Å². The van der Waals surface area contributed by atoms with Gasteiger partial charge in [0.1, 0.15) is 5.56 Å². The Balaban J connectivity index is 1.92. The summed E-state index contributed by atoms with van der Waals surface area (Å²) in [6.45, 7) is 2.04. The molecular formula is C17H21F2N3O3. The van der Waals surface area contributed by atoms with Crippen LogP contribution in [-0.2, 0) is 4.79 Å². The number of methoxy groups -OCH3 is 1. The minimum Gasteiger partial charge on any atom is -0.480 e. The van der Waals surface area contributed by atoms with Gasteiger partial charge in [-0.15, -0.1) is 0 Å². The Morgan fingerprint density at radius 3 is 2.80 bits per heavy atom. The van der Waals surface area contributed by atoms with Gasteiger partial charge >= 0.3 is 0 Å². The van der Waals surface area contributed by atoms with E-state index in [0.717, 1.165) is 4.90 Å². The number of halogens is 2. The van der Waals surface area contributed by atoms with Gasteiger partial charge < -0.3 is 14.5 Å². The van der Waals surface area contributed by atoms with E-state index in [9.17, 15) is 18.4 Å². The quantitative estimate of drug-likeness (QED) is 0.831. The Kier molecular flexibility index (Phi) is 4.38. The van der Waals surface area contributed by atoms with Gasteiger partial charge in [-0.2, -0.15) is 0 Å². The van der Waals surface area contributed by atoms with E-state index in [0.29, 0.717) is 19.5 Å². The van der Waals surface area contributed by atoms with Crippen molar-refractivity contribution in [2.75, 3.05) is 33.3 Å². The summed E-state index contributed by atoms with van der Waals surface area (Å²) < 4.78 is 33.9. The Morgan fingerprint density at radius 2 is 2.16 bits per heavy atom. The van der Waals surface area contributed by atoms with Gasteiger partial charge in [0.05, 0.1) is 19.1 Å². The molecule has 6 nitrogen and oxygen atoms in total. The van der Waals surface area contributed by atoms with Crippen LogP contribution in [0.2, 0.25) is 0 Å². The molecule has 0 aromatic carbocycles. The molecule has 136 valence electrons. The average Bonchev–Trinajstić information content (AvgIpc) is 2.88. The minimum atomic E-state index is -3.11. The number of aromatic nitrogens is 1. The summed E-state index contributed by atoms with van der Waals surface area (Å²) in [6.07, 6.45) is 1.29. The van der Waals surface area contributed by atoms with Crippen molar-refractivity contribution in [1.82, 2.24) is 14.8 Å². The number of alkyl halides is 2. The first-order valence-electron chi connectivity index (χ1n) is 8.27. The molecule has 0 N–H and O–H groups in total. The fourth-order valence-electron chi connectivity index (χ4n) is 3.84. The first-order valence-corrected chi connectivity index (χ1v) is 8.27. The van der Waals surface area contributed by atoms with E-state index in [1.165, 1.54) is 19.4 Å². The molecule has 2 aliphatic heterocycles. The van der Waals surface area contributed by atoms with Crippen LogP contribution in [0.25, 0.3) is 0 Å². The molecule has 2 fully saturated rings. The number of likely N-dealkylation sites (tertiary alicyclic amines) is 2. The zero-order valence-corrected chi connectivity index (χ0v) is 14.3. The number of carbonyl (C=O) groups is 2. The smallest absolute Gasteiger partial charge is 0.266 e. The van der Waals surface area contributed by atoms with Gasteiger partial charge in [-0.3, -0.25) is 9.59 Å². The van der Waals surface area contributed by atoms with Gasteiger partial charge in [-0.25, -0.2) is 13.8 Å². The molecule has 1 atom stereocenters. The summed E-state index contributed by atoms with van der Waals surface area (Å²) in [7, 11) is 1.37. The summed E-state index contributed by atoms with van der Waals surface area (Å²) in [6, 6.07) is 3.04. The van der Waals surface area contributed by atoms with Gasteiger partial charge in [0.2, 0.25) is 11.8 Å². The Bertz CT molecular complexity index is 697. The molecule has 0 saturated carbocycles. The molecule has 1 unspecified atom stereocenters. The molecule has 0 radical (unpaired) electrons. The van der Waals surface area contributed by atoms with Gasteiger partial charge in [0.15, 0.2) is 0 Å². The second kappa shape index (κ2) is 6.24. The Labute approximate surface area is 144 Å². The Hall–Kier alpha value is -2.25. The summed E-state index contributed by atoms with van der Waals surface area (Å²) in [5.41, 5.74) is -1.08. The van der Waals surface area contributed by atoms with Gasteiger partial charge in [0, 0.05) is 32.3 Å². The standard InChI is InChI=1S/C17H21F2N3O3/c1-3-21-8-6-16(15(21)24)9-17(18,19)11-22(10-16)14(23)12-5-4-7-20-13(12)25-2/h4-5,7H,3,6,8-11H2,1-2H3. The number of hydrogen-bond donors (Lipinski definition) is 0. The van der Waals surface area contributed by atoms with Crippen LogP contribution in [0.5, 0.6) is 5.88 Å². The van der Waals surface area contributed by atoms with Crippen LogP contribution in [0.3, 0.4) is 0 Å². The second-order valence-corrected chi connectivity index (χ2v) is 6.67. The Morgan fingerprint density at radius 1 is 1.40 bits per heavy atom. The largest absolute Gasteiger partial charge is 0.480 e. The van der Waals surface area contributed by atoms with Crippen LogP contribution in [0, 0.1) is 5.41 Å². The third-order valence-electron chi connectivity index (χ3n) is 4.98. The van der Waals surface area contributed by atoms with E-state index in [1.807, 2.05) is 6.92 Å². The number of amides is 2. The van der Waals surface area contributed by atoms with Crippen LogP contribution in [0.15, 0.2) is 18.3 Å². The highest BCUT2D eigenvalue weighted by molar-refractivity contribution is 5.97. The van der Waals surface area contributed by atoms with Crippen LogP contribution in [-0.4, -0.2) is 65.8 Å². The fraction of sp³-hybridized carbons (Fsp3) is 0.588. The molecule has 2 amide bonds. The highest BCUT2D eigenvalue weighted by Crippen LogP contribution is 2.46. The van der Waals surface area contributed by atoms with Crippen molar-refractivity contribution in [1.29, 1.82) is 0 Å². The third-order valence-corrected chi connectivity index (χ3v) is 4.98. The SMILES string of the molecule is CCN1CCC2(CN(C(=O)c3cccnc3OC)CC(F)(F)C2)C1=O. The molecule has 2 aliphatic rings. The number of piperidine rings is 1. The van der Waals surface area contributed by atoms with Crippen molar-refractivity contribution in [3.05, 3.63) is 23.9 Å². The molecule has 0 aliphatic carbocycles. The van der Waals surface area contributed by atoms with Crippen molar-refractivity contribution in [3.8, 4) is 5.88 Å². The number of nitrogens with zero attached hydrogens (tertiary/aromatic N) is 3. The predicted molar refractivity (Wildman–Crippen MR) is 85.6 cm³/mol. The second-order valence-electron chi connectivity index (χ2n) is 6.67. The molecule has 0 bridgehead atoms. The highest BCUT2D eigenvalue weighted by atomic mass is 19.3. The van der Waals surface area contributed by atoms with E-state index in [1.54, 1.807) is 11.0 Å². The zero-order valence-electron chi connectivity index (χ0n) is 14.3. The lowest BCUT2D eigenvalue weighted by Gasteiger charge is -2.42. The van der Waals surface area contributed by atoms with E-state index in [-0.39, 0.29) is 23.9 Å². The lowest BCUT2D eigenvalue weighted by Crippen LogP contribution is -2.57. The third kappa shape index (κ3) is 3.05. The first kappa shape index (κ1) is 17.6. The molecule has 1 spiro atoms. The predicted octanol–water partition coefficient (Wildman–Crippen LogP) is 1.81. The van der Waals surface area contributed by atoms with E-state index >= 15 is 0 Å². The van der Waals surface area contributed by atoms with Gasteiger partial charge in [-0.05, 0) is 25.5 Å². The number of pyridine rings is 1. The number of carbonyl (C=O) groups excluding carboxylic acids is 2. The maximum atomic E-state index is 14.4. The molecule has 1 aromatic rings. The lowest BCUT2D eigenvalue weighted by atomic mass is 9.76. The van der Waals surface area contributed by atoms with Crippen LogP contribution >= 0.6 is 0 Å². The molecule has 3 heterocycles. The van der Waals surface area contributed by atoms with Crippen molar-refractivity contribution in [3.63, 3.8) is 0 Å². The van der Waals surface area contributed by atoms with Crippen LogP contribution < -0.4 is 4.74 Å². The molecule has 2 saturated heterocycles. The molecule has 8 heteroatoms. The average molecular weight is 353 g/mol. The maximum absolute atomic E-state index is 14.4. The monoisotopic (exact) mass is 353 g/mol. The van der Waals surface area contributed by atoms with Crippen molar-refractivity contribution in [2.45, 2.75) is 25.7 Å². The van der Waals surface area contributed by atoms with E-state index in [2.05, 4.69) is 4.98 Å². The minimum absolute atomic E-state index is 0.00515. The van der Waals surface area contributed by atoms with Crippen molar-refractivity contribution in [2.24, 2.45) is 5.41 Å². The molecule has 1 aromatic heterocycles. The summed E-state index contributed by atoms with van der Waals surface area (Å²) in [5, 5.41) is 0. The van der Waals surface area contributed by atoms with E-state index in [4.69, 9.17) is 4.74 Å². The highest BCUT2D eigenvalue weighted by Gasteiger charge is 2.57. The topological polar surface area (TPSA) is 62.7 Å². The van der Waals surface area contributed by atoms with Crippen LogP contribution in [0.1, 0.15) is 30.1 Å². The normalized spacial score (nSPS) is 25.5. The van der Waals surface area contributed by atoms with Crippen LogP contribution in [0.4, 0.5) is 8.78 Å². The number of rotatable bonds is 3. The summed E-state index contributed by atoms with van der Waals surface area (Å²) in [5.74, 6) is -3.90. The van der Waals surface area contributed by atoms with Crippen molar-refractivity contribution >= 4 is 11.8 Å². The fourth-order valence-corrected chi connectivity index (χ4v) is 3.84. The lowest BCUT2D eigenvalue weighted by molar-refractivity contribution is -0.151.